The van der Waals surface area contributed by atoms with E-state index in [1.54, 1.807) is 4.90 Å². The number of hydrogen-bond acceptors (Lipinski definition) is 3. The number of aliphatic carboxylic acids is 1. The van der Waals surface area contributed by atoms with Crippen LogP contribution in [0.3, 0.4) is 0 Å². The van der Waals surface area contributed by atoms with Gasteiger partial charge < -0.3 is 14.7 Å². The van der Waals surface area contributed by atoms with Gasteiger partial charge in [0.2, 0.25) is 0 Å². The summed E-state index contributed by atoms with van der Waals surface area (Å²) in [4.78, 5) is 26.5. The highest BCUT2D eigenvalue weighted by Crippen LogP contribution is 2.50. The highest BCUT2D eigenvalue weighted by Gasteiger charge is 2.51. The predicted molar refractivity (Wildman–Crippen MR) is 113 cm³/mol. The van der Waals surface area contributed by atoms with Crippen LogP contribution in [-0.4, -0.2) is 41.8 Å². The molecule has 5 rings (SSSR count). The molecule has 0 spiro atoms. The van der Waals surface area contributed by atoms with Gasteiger partial charge in [-0.2, -0.15) is 0 Å². The maximum atomic E-state index is 12.9. The third kappa shape index (κ3) is 2.99. The molecule has 2 aromatic carbocycles. The van der Waals surface area contributed by atoms with Crippen LogP contribution in [0.4, 0.5) is 4.79 Å². The normalized spacial score (nSPS) is 22.0. The minimum Gasteiger partial charge on any atom is -0.481 e. The predicted octanol–water partition coefficient (Wildman–Crippen LogP) is 4.90. The van der Waals surface area contributed by atoms with Gasteiger partial charge in [-0.25, -0.2) is 4.79 Å². The van der Waals surface area contributed by atoms with E-state index in [2.05, 4.69) is 24.3 Å². The van der Waals surface area contributed by atoms with Gasteiger partial charge in [-0.3, -0.25) is 4.79 Å². The van der Waals surface area contributed by atoms with E-state index in [9.17, 15) is 14.7 Å². The Bertz CT molecular complexity index is 935. The van der Waals surface area contributed by atoms with Gasteiger partial charge in [-0.05, 0) is 53.9 Å². The number of piperidine rings is 1. The Labute approximate surface area is 176 Å². The smallest absolute Gasteiger partial charge is 0.409 e. The summed E-state index contributed by atoms with van der Waals surface area (Å²) in [5, 5.41) is 9.76. The zero-order valence-electron chi connectivity index (χ0n) is 17.0. The van der Waals surface area contributed by atoms with Gasteiger partial charge in [-0.1, -0.05) is 55.0 Å². The van der Waals surface area contributed by atoms with Gasteiger partial charge in [0.25, 0.3) is 0 Å². The van der Waals surface area contributed by atoms with E-state index in [4.69, 9.17) is 4.74 Å². The van der Waals surface area contributed by atoms with E-state index < -0.39 is 11.4 Å². The first kappa shape index (κ1) is 19.2. The van der Waals surface area contributed by atoms with Crippen molar-refractivity contribution in [2.24, 2.45) is 11.3 Å². The molecule has 156 valence electrons. The van der Waals surface area contributed by atoms with Gasteiger partial charge in [-0.15, -0.1) is 0 Å². The first-order chi connectivity index (χ1) is 14.6. The molecule has 2 aliphatic carbocycles. The molecule has 30 heavy (non-hydrogen) atoms. The summed E-state index contributed by atoms with van der Waals surface area (Å²) in [5.74, 6) is -0.634. The Hall–Kier alpha value is -2.82. The van der Waals surface area contributed by atoms with Crippen molar-refractivity contribution >= 4 is 12.1 Å². The van der Waals surface area contributed by atoms with Gasteiger partial charge in [0, 0.05) is 19.0 Å². The van der Waals surface area contributed by atoms with Crippen LogP contribution in [0.2, 0.25) is 0 Å². The van der Waals surface area contributed by atoms with Crippen molar-refractivity contribution in [2.45, 2.75) is 38.0 Å². The molecule has 5 heteroatoms. The van der Waals surface area contributed by atoms with Crippen LogP contribution in [0.15, 0.2) is 48.5 Å². The van der Waals surface area contributed by atoms with Crippen LogP contribution < -0.4 is 0 Å². The molecule has 1 amide bonds. The van der Waals surface area contributed by atoms with E-state index in [-0.39, 0.29) is 17.9 Å². The van der Waals surface area contributed by atoms with Crippen molar-refractivity contribution in [3.8, 4) is 11.1 Å². The lowest BCUT2D eigenvalue weighted by Crippen LogP contribution is -2.52. The Morgan fingerprint density at radius 2 is 1.63 bits per heavy atom. The molecule has 1 N–H and O–H groups in total. The van der Waals surface area contributed by atoms with Crippen molar-refractivity contribution < 1.29 is 19.4 Å². The summed E-state index contributed by atoms with van der Waals surface area (Å²) in [6, 6.07) is 16.6. The first-order valence-electron chi connectivity index (χ1n) is 10.9. The van der Waals surface area contributed by atoms with Crippen LogP contribution in [0.5, 0.6) is 0 Å². The molecule has 0 bridgehead atoms. The molecule has 3 aliphatic rings. The number of benzene rings is 2. The summed E-state index contributed by atoms with van der Waals surface area (Å²) < 4.78 is 5.79. The maximum absolute atomic E-state index is 12.9. The van der Waals surface area contributed by atoms with Crippen LogP contribution in [0.1, 0.15) is 49.1 Å². The molecule has 0 aromatic heterocycles. The van der Waals surface area contributed by atoms with Crippen molar-refractivity contribution in [2.75, 3.05) is 19.7 Å². The van der Waals surface area contributed by atoms with Gasteiger partial charge in [0.1, 0.15) is 6.61 Å². The molecule has 1 atom stereocenters. The SMILES string of the molecule is O=C(OCC1c2ccccc2-c2ccccc21)N1CCCC(C2(C(=O)O)CCC2)C1. The summed E-state index contributed by atoms with van der Waals surface area (Å²) in [7, 11) is 0. The fourth-order valence-corrected chi connectivity index (χ4v) is 5.63. The average Bonchev–Trinajstić information content (AvgIpc) is 3.05. The minimum atomic E-state index is -0.701. The van der Waals surface area contributed by atoms with Crippen molar-refractivity contribution in [3.05, 3.63) is 59.7 Å². The molecule has 0 radical (unpaired) electrons. The summed E-state index contributed by atoms with van der Waals surface area (Å²) >= 11 is 0. The highest BCUT2D eigenvalue weighted by atomic mass is 16.6. The standard InChI is InChI=1S/C25H27NO4/c27-23(28)25(12-6-13-25)17-7-5-14-26(15-17)24(29)30-16-22-20-10-3-1-8-18(20)19-9-2-4-11-21(19)22/h1-4,8-11,17,22H,5-7,12-16H2,(H,27,28). The second-order valence-electron chi connectivity index (χ2n) is 8.90. The van der Waals surface area contributed by atoms with E-state index >= 15 is 0 Å². The second kappa shape index (κ2) is 7.46. The fraction of sp³-hybridized carbons (Fsp3) is 0.440. The molecule has 2 aromatic rings. The van der Waals surface area contributed by atoms with Gasteiger partial charge >= 0.3 is 12.1 Å². The van der Waals surface area contributed by atoms with Crippen LogP contribution in [0.25, 0.3) is 11.1 Å². The fourth-order valence-electron chi connectivity index (χ4n) is 5.63. The van der Waals surface area contributed by atoms with E-state index in [0.717, 1.165) is 32.1 Å². The molecule has 1 unspecified atom stereocenters. The number of nitrogens with zero attached hydrogens (tertiary/aromatic N) is 1. The molecule has 1 heterocycles. The first-order valence-corrected chi connectivity index (χ1v) is 10.9. The number of carbonyl (C=O) groups excluding carboxylic acids is 1. The number of fused-ring (bicyclic) bond motifs is 3. The second-order valence-corrected chi connectivity index (χ2v) is 8.90. The number of likely N-dealkylation sites (tertiary alicyclic amines) is 1. The maximum Gasteiger partial charge on any atom is 0.409 e. The topological polar surface area (TPSA) is 66.8 Å². The summed E-state index contributed by atoms with van der Waals surface area (Å²) in [5.41, 5.74) is 4.17. The summed E-state index contributed by atoms with van der Waals surface area (Å²) in [6.45, 7) is 1.43. The van der Waals surface area contributed by atoms with Gasteiger partial charge in [0.15, 0.2) is 0 Å². The van der Waals surface area contributed by atoms with E-state index in [0.29, 0.717) is 19.7 Å². The zero-order chi connectivity index (χ0) is 20.7. The third-order valence-electron chi connectivity index (χ3n) is 7.47. The Balaban J connectivity index is 1.28. The molecule has 1 saturated carbocycles. The largest absolute Gasteiger partial charge is 0.481 e. The van der Waals surface area contributed by atoms with Crippen LogP contribution in [0, 0.1) is 11.3 Å². The molecule has 1 saturated heterocycles. The number of rotatable bonds is 4. The van der Waals surface area contributed by atoms with Crippen molar-refractivity contribution in [1.29, 1.82) is 0 Å². The minimum absolute atomic E-state index is 0.0259. The molecule has 1 aliphatic heterocycles. The van der Waals surface area contributed by atoms with Gasteiger partial charge in [0.05, 0.1) is 5.41 Å². The summed E-state index contributed by atoms with van der Waals surface area (Å²) in [6.07, 6.45) is 3.81. The van der Waals surface area contributed by atoms with E-state index in [1.807, 2.05) is 24.3 Å². The van der Waals surface area contributed by atoms with Crippen LogP contribution in [-0.2, 0) is 9.53 Å². The van der Waals surface area contributed by atoms with E-state index in [1.165, 1.54) is 22.3 Å². The monoisotopic (exact) mass is 405 g/mol. The molecular formula is C25H27NO4. The number of ether oxygens (including phenoxy) is 1. The zero-order valence-corrected chi connectivity index (χ0v) is 17.0. The highest BCUT2D eigenvalue weighted by molar-refractivity contribution is 5.79. The Kier molecular flexibility index (Phi) is 4.76. The molecule has 2 fully saturated rings. The number of carboxylic acid groups (broad SMARTS) is 1. The van der Waals surface area contributed by atoms with Crippen molar-refractivity contribution in [1.82, 2.24) is 4.90 Å². The third-order valence-corrected chi connectivity index (χ3v) is 7.47. The molecular weight excluding hydrogens is 378 g/mol. The Morgan fingerprint density at radius 1 is 1.00 bits per heavy atom. The lowest BCUT2D eigenvalue weighted by Gasteiger charge is -2.47. The number of carboxylic acids is 1. The van der Waals surface area contributed by atoms with Crippen molar-refractivity contribution in [3.63, 3.8) is 0 Å². The lowest BCUT2D eigenvalue weighted by atomic mass is 9.59. The quantitative estimate of drug-likeness (QED) is 0.785. The number of amides is 1. The lowest BCUT2D eigenvalue weighted by molar-refractivity contribution is -0.162. The number of hydrogen-bond donors (Lipinski definition) is 1. The molecule has 5 nitrogen and oxygen atoms in total. The Morgan fingerprint density at radius 3 is 2.20 bits per heavy atom. The average molecular weight is 405 g/mol. The number of carbonyl (C=O) groups is 2. The van der Waals surface area contributed by atoms with Crippen LogP contribution >= 0.6 is 0 Å².